The molecule has 3 aromatic heterocycles. The van der Waals surface area contributed by atoms with Gasteiger partial charge in [-0.05, 0) is 32.0 Å². The lowest BCUT2D eigenvalue weighted by molar-refractivity contribution is 0.838. The van der Waals surface area contributed by atoms with Crippen LogP contribution >= 0.6 is 22.9 Å². The third kappa shape index (κ3) is 3.08. The van der Waals surface area contributed by atoms with Crippen molar-refractivity contribution in [3.05, 3.63) is 57.9 Å². The van der Waals surface area contributed by atoms with E-state index in [1.54, 1.807) is 22.2 Å². The molecule has 4 aromatic rings. The summed E-state index contributed by atoms with van der Waals surface area (Å²) in [6, 6.07) is 7.55. The molecule has 0 bridgehead atoms. The van der Waals surface area contributed by atoms with Gasteiger partial charge in [0.2, 0.25) is 0 Å². The summed E-state index contributed by atoms with van der Waals surface area (Å²) in [5, 5.41) is 12.5. The minimum atomic E-state index is 0.0394. The first-order chi connectivity index (χ1) is 12.1. The topological polar surface area (TPSA) is 68.5 Å². The van der Waals surface area contributed by atoms with Crippen LogP contribution in [0.25, 0.3) is 16.7 Å². The van der Waals surface area contributed by atoms with Crippen LogP contribution < -0.4 is 5.32 Å². The molecule has 0 aliphatic carbocycles. The van der Waals surface area contributed by atoms with Crippen LogP contribution in [-0.4, -0.2) is 24.7 Å². The zero-order valence-electron chi connectivity index (χ0n) is 13.6. The molecular formula is C17H15ClN6S. The summed E-state index contributed by atoms with van der Waals surface area (Å²) >= 11 is 7.73. The number of aryl methyl sites for hydroxylation is 1. The van der Waals surface area contributed by atoms with Crippen LogP contribution in [0.1, 0.15) is 23.7 Å². The van der Waals surface area contributed by atoms with Gasteiger partial charge in [-0.2, -0.15) is 5.10 Å². The lowest BCUT2D eigenvalue weighted by atomic mass is 10.2. The molecule has 6 nitrogen and oxygen atoms in total. The van der Waals surface area contributed by atoms with E-state index in [9.17, 15) is 0 Å². The molecule has 1 N–H and O–H groups in total. The molecule has 0 saturated carbocycles. The summed E-state index contributed by atoms with van der Waals surface area (Å²) in [6.45, 7) is 4.06. The van der Waals surface area contributed by atoms with Crippen LogP contribution in [0.4, 0.5) is 5.82 Å². The van der Waals surface area contributed by atoms with Gasteiger partial charge in [0.15, 0.2) is 5.65 Å². The van der Waals surface area contributed by atoms with Crippen LogP contribution in [-0.2, 0) is 0 Å². The molecule has 0 spiro atoms. The summed E-state index contributed by atoms with van der Waals surface area (Å²) in [5.74, 6) is 0.733. The Bertz CT molecular complexity index is 1040. The fraction of sp³-hybridized carbons (Fsp3) is 0.176. The van der Waals surface area contributed by atoms with E-state index in [1.165, 1.54) is 6.33 Å². The molecule has 0 radical (unpaired) electrons. The van der Waals surface area contributed by atoms with E-state index in [2.05, 4.69) is 37.7 Å². The second kappa shape index (κ2) is 6.42. The summed E-state index contributed by atoms with van der Waals surface area (Å²) < 4.78 is 1.76. The van der Waals surface area contributed by atoms with Crippen molar-refractivity contribution in [3.8, 4) is 5.69 Å². The first kappa shape index (κ1) is 16.0. The molecule has 0 amide bonds. The number of fused-ring (bicyclic) bond motifs is 1. The standard InChI is InChI=1S/C17H15ClN6S/c1-10(15-8-25-11(2)23-15)22-16-14-7-21-24(17(14)20-9-19-16)13-5-3-4-12(18)6-13/h3-10H,1-2H3,(H,19,20,22). The molecule has 0 saturated heterocycles. The van der Waals surface area contributed by atoms with Gasteiger partial charge in [-0.3, -0.25) is 0 Å². The minimum Gasteiger partial charge on any atom is -0.361 e. The number of thiazole rings is 1. The van der Waals surface area contributed by atoms with E-state index in [0.29, 0.717) is 5.02 Å². The van der Waals surface area contributed by atoms with Gasteiger partial charge in [0, 0.05) is 10.4 Å². The number of benzene rings is 1. The third-order valence-electron chi connectivity index (χ3n) is 3.85. The van der Waals surface area contributed by atoms with Crippen LogP contribution in [0.15, 0.2) is 42.2 Å². The highest BCUT2D eigenvalue weighted by Crippen LogP contribution is 2.26. The van der Waals surface area contributed by atoms with Crippen LogP contribution in [0.2, 0.25) is 5.02 Å². The van der Waals surface area contributed by atoms with E-state index in [4.69, 9.17) is 11.6 Å². The second-order valence-corrected chi connectivity index (χ2v) is 7.15. The van der Waals surface area contributed by atoms with E-state index in [0.717, 1.165) is 33.2 Å². The van der Waals surface area contributed by atoms with Crippen molar-refractivity contribution in [2.24, 2.45) is 0 Å². The zero-order valence-corrected chi connectivity index (χ0v) is 15.2. The van der Waals surface area contributed by atoms with Gasteiger partial charge < -0.3 is 5.32 Å². The minimum absolute atomic E-state index is 0.0394. The molecule has 8 heteroatoms. The monoisotopic (exact) mass is 370 g/mol. The first-order valence-electron chi connectivity index (χ1n) is 7.75. The van der Waals surface area contributed by atoms with Gasteiger partial charge >= 0.3 is 0 Å². The molecule has 1 unspecified atom stereocenters. The highest BCUT2D eigenvalue weighted by atomic mass is 35.5. The maximum absolute atomic E-state index is 6.09. The predicted octanol–water partition coefficient (Wildman–Crippen LogP) is 4.41. The lowest BCUT2D eigenvalue weighted by Crippen LogP contribution is -2.09. The van der Waals surface area contributed by atoms with Crippen molar-refractivity contribution < 1.29 is 0 Å². The van der Waals surface area contributed by atoms with Crippen LogP contribution in [0.3, 0.4) is 0 Å². The first-order valence-corrected chi connectivity index (χ1v) is 9.01. The third-order valence-corrected chi connectivity index (χ3v) is 4.88. The lowest BCUT2D eigenvalue weighted by Gasteiger charge is -2.12. The average molecular weight is 371 g/mol. The Hall–Kier alpha value is -2.51. The normalized spacial score (nSPS) is 12.4. The Labute approximate surface area is 153 Å². The van der Waals surface area contributed by atoms with Crippen molar-refractivity contribution in [3.63, 3.8) is 0 Å². The summed E-state index contributed by atoms with van der Waals surface area (Å²) in [7, 11) is 0. The Kier molecular flexibility index (Phi) is 4.10. The highest BCUT2D eigenvalue weighted by Gasteiger charge is 2.15. The molecular weight excluding hydrogens is 356 g/mol. The molecule has 3 heterocycles. The van der Waals surface area contributed by atoms with Gasteiger partial charge in [-0.15, -0.1) is 11.3 Å². The largest absolute Gasteiger partial charge is 0.361 e. The molecule has 1 atom stereocenters. The Morgan fingerprint density at radius 2 is 2.16 bits per heavy atom. The number of anilines is 1. The molecule has 25 heavy (non-hydrogen) atoms. The molecule has 0 aliphatic rings. The van der Waals surface area contributed by atoms with Gasteiger partial charge in [0.25, 0.3) is 0 Å². The second-order valence-electron chi connectivity index (χ2n) is 5.65. The number of hydrogen-bond acceptors (Lipinski definition) is 6. The zero-order chi connectivity index (χ0) is 17.4. The molecule has 0 aliphatic heterocycles. The van der Waals surface area contributed by atoms with Crippen LogP contribution in [0, 0.1) is 6.92 Å². The van der Waals surface area contributed by atoms with Crippen molar-refractivity contribution in [1.82, 2.24) is 24.7 Å². The molecule has 126 valence electrons. The van der Waals surface area contributed by atoms with Gasteiger partial charge in [0.05, 0.1) is 34.0 Å². The Morgan fingerprint density at radius 1 is 1.28 bits per heavy atom. The molecule has 0 fully saturated rings. The quantitative estimate of drug-likeness (QED) is 0.576. The predicted molar refractivity (Wildman–Crippen MR) is 101 cm³/mol. The van der Waals surface area contributed by atoms with Crippen molar-refractivity contribution >= 4 is 39.8 Å². The highest BCUT2D eigenvalue weighted by molar-refractivity contribution is 7.09. The fourth-order valence-electron chi connectivity index (χ4n) is 2.61. The van der Waals surface area contributed by atoms with Crippen LogP contribution in [0.5, 0.6) is 0 Å². The van der Waals surface area contributed by atoms with E-state index >= 15 is 0 Å². The number of hydrogen-bond donors (Lipinski definition) is 1. The molecule has 4 rings (SSSR count). The maximum atomic E-state index is 6.09. The Balaban J connectivity index is 1.72. The van der Waals surface area contributed by atoms with Gasteiger partial charge in [-0.1, -0.05) is 17.7 Å². The number of rotatable bonds is 4. The number of halogens is 1. The van der Waals surface area contributed by atoms with E-state index in [1.807, 2.05) is 31.2 Å². The summed E-state index contributed by atoms with van der Waals surface area (Å²) in [4.78, 5) is 13.3. The smallest absolute Gasteiger partial charge is 0.168 e. The number of aromatic nitrogens is 5. The summed E-state index contributed by atoms with van der Waals surface area (Å²) in [6.07, 6.45) is 3.30. The van der Waals surface area contributed by atoms with Crippen molar-refractivity contribution in [2.75, 3.05) is 5.32 Å². The maximum Gasteiger partial charge on any atom is 0.168 e. The average Bonchev–Trinajstić information content (AvgIpc) is 3.22. The van der Waals surface area contributed by atoms with E-state index in [-0.39, 0.29) is 6.04 Å². The van der Waals surface area contributed by atoms with E-state index < -0.39 is 0 Å². The summed E-state index contributed by atoms with van der Waals surface area (Å²) in [5.41, 5.74) is 2.58. The Morgan fingerprint density at radius 3 is 2.92 bits per heavy atom. The van der Waals surface area contributed by atoms with Gasteiger partial charge in [-0.25, -0.2) is 19.6 Å². The number of nitrogens with one attached hydrogen (secondary N) is 1. The van der Waals surface area contributed by atoms with Gasteiger partial charge in [0.1, 0.15) is 12.1 Å². The van der Waals surface area contributed by atoms with Crippen molar-refractivity contribution in [2.45, 2.75) is 19.9 Å². The number of nitrogens with zero attached hydrogens (tertiary/aromatic N) is 5. The van der Waals surface area contributed by atoms with Crippen molar-refractivity contribution in [1.29, 1.82) is 0 Å². The molecule has 1 aromatic carbocycles. The SMILES string of the molecule is Cc1nc(C(C)Nc2ncnc3c2cnn3-c2cccc(Cl)c2)cs1. The fourth-order valence-corrected chi connectivity index (χ4v) is 3.50.